The SMILES string of the molecule is CNCCC1CN(C(C)(C)C)CCCN1C. The Balaban J connectivity index is 2.58. The normalized spacial score (nSPS) is 25.7. The van der Waals surface area contributed by atoms with E-state index in [0.717, 1.165) is 6.54 Å². The summed E-state index contributed by atoms with van der Waals surface area (Å²) in [5.41, 5.74) is 0.309. The zero-order chi connectivity index (χ0) is 12.2. The van der Waals surface area contributed by atoms with E-state index in [1.54, 1.807) is 0 Å². The lowest BCUT2D eigenvalue weighted by Gasteiger charge is -2.37. The number of nitrogens with zero attached hydrogens (tertiary/aromatic N) is 2. The first-order valence-electron chi connectivity index (χ1n) is 6.55. The Morgan fingerprint density at radius 2 is 1.94 bits per heavy atom. The molecule has 1 fully saturated rings. The molecule has 3 nitrogen and oxygen atoms in total. The summed E-state index contributed by atoms with van der Waals surface area (Å²) in [6.07, 6.45) is 2.55. The van der Waals surface area contributed by atoms with Gasteiger partial charge in [-0.1, -0.05) is 0 Å². The zero-order valence-corrected chi connectivity index (χ0v) is 11.7. The van der Waals surface area contributed by atoms with Crippen LogP contribution in [0.4, 0.5) is 0 Å². The highest BCUT2D eigenvalue weighted by Crippen LogP contribution is 2.19. The molecule has 1 saturated heterocycles. The smallest absolute Gasteiger partial charge is 0.0232 e. The van der Waals surface area contributed by atoms with Gasteiger partial charge in [-0.2, -0.15) is 0 Å². The molecule has 0 aromatic rings. The van der Waals surface area contributed by atoms with Crippen molar-refractivity contribution in [3.63, 3.8) is 0 Å². The minimum absolute atomic E-state index is 0.309. The van der Waals surface area contributed by atoms with Gasteiger partial charge in [0.2, 0.25) is 0 Å². The molecule has 3 heteroatoms. The lowest BCUT2D eigenvalue weighted by Crippen LogP contribution is -2.47. The standard InChI is InChI=1S/C13H29N3/c1-13(2,3)16-10-6-9-15(5)12(11-16)7-8-14-4/h12,14H,6-11H2,1-5H3. The van der Waals surface area contributed by atoms with Crippen LogP contribution in [0.15, 0.2) is 0 Å². The van der Waals surface area contributed by atoms with E-state index in [0.29, 0.717) is 11.6 Å². The van der Waals surface area contributed by atoms with Gasteiger partial charge in [0.25, 0.3) is 0 Å². The molecule has 0 aromatic carbocycles. The Morgan fingerprint density at radius 1 is 1.25 bits per heavy atom. The van der Waals surface area contributed by atoms with Crippen LogP contribution in [0, 0.1) is 0 Å². The molecule has 1 N–H and O–H groups in total. The van der Waals surface area contributed by atoms with Crippen molar-refractivity contribution in [3.8, 4) is 0 Å². The summed E-state index contributed by atoms with van der Waals surface area (Å²) in [7, 11) is 4.31. The number of likely N-dealkylation sites (N-methyl/N-ethyl adjacent to an activating group) is 1. The first kappa shape index (κ1) is 13.9. The maximum atomic E-state index is 3.26. The van der Waals surface area contributed by atoms with Gasteiger partial charge in [-0.25, -0.2) is 0 Å². The second-order valence-corrected chi connectivity index (χ2v) is 6.00. The quantitative estimate of drug-likeness (QED) is 0.786. The molecular formula is C13H29N3. The number of nitrogens with one attached hydrogen (secondary N) is 1. The summed E-state index contributed by atoms with van der Waals surface area (Å²) < 4.78 is 0. The van der Waals surface area contributed by atoms with Crippen LogP contribution in [0.1, 0.15) is 33.6 Å². The third-order valence-electron chi connectivity index (χ3n) is 3.67. The average molecular weight is 227 g/mol. The Hall–Kier alpha value is -0.120. The molecule has 1 atom stereocenters. The predicted molar refractivity (Wildman–Crippen MR) is 70.9 cm³/mol. The van der Waals surface area contributed by atoms with E-state index in [1.165, 1.54) is 32.5 Å². The summed E-state index contributed by atoms with van der Waals surface area (Å²) in [6.45, 7) is 11.8. The van der Waals surface area contributed by atoms with Gasteiger partial charge in [0.05, 0.1) is 0 Å². The minimum atomic E-state index is 0.309. The van der Waals surface area contributed by atoms with Crippen molar-refractivity contribution in [2.45, 2.75) is 45.2 Å². The maximum Gasteiger partial charge on any atom is 0.0232 e. The topological polar surface area (TPSA) is 18.5 Å². The number of rotatable bonds is 3. The lowest BCUT2D eigenvalue weighted by atomic mass is 10.0. The lowest BCUT2D eigenvalue weighted by molar-refractivity contribution is 0.115. The maximum absolute atomic E-state index is 3.26. The molecule has 0 amide bonds. The highest BCUT2D eigenvalue weighted by molar-refractivity contribution is 4.85. The Morgan fingerprint density at radius 3 is 2.50 bits per heavy atom. The molecule has 1 heterocycles. The van der Waals surface area contributed by atoms with Crippen molar-refractivity contribution >= 4 is 0 Å². The van der Waals surface area contributed by atoms with Crippen molar-refractivity contribution in [1.29, 1.82) is 0 Å². The first-order valence-corrected chi connectivity index (χ1v) is 6.55. The van der Waals surface area contributed by atoms with Gasteiger partial charge in [-0.15, -0.1) is 0 Å². The van der Waals surface area contributed by atoms with Crippen LogP contribution >= 0.6 is 0 Å². The molecule has 96 valence electrons. The van der Waals surface area contributed by atoms with Crippen molar-refractivity contribution < 1.29 is 0 Å². The zero-order valence-electron chi connectivity index (χ0n) is 11.7. The van der Waals surface area contributed by atoms with Gasteiger partial charge in [0.1, 0.15) is 0 Å². The van der Waals surface area contributed by atoms with Crippen molar-refractivity contribution in [2.24, 2.45) is 0 Å². The molecule has 0 bridgehead atoms. The van der Waals surface area contributed by atoms with E-state index in [-0.39, 0.29) is 0 Å². The summed E-state index contributed by atoms with van der Waals surface area (Å²) in [6, 6.07) is 0.703. The largest absolute Gasteiger partial charge is 0.320 e. The average Bonchev–Trinajstić information content (AvgIpc) is 2.37. The Bertz CT molecular complexity index is 198. The fraction of sp³-hybridized carbons (Fsp3) is 1.00. The van der Waals surface area contributed by atoms with Gasteiger partial charge in [0, 0.05) is 18.1 Å². The fourth-order valence-corrected chi connectivity index (χ4v) is 2.41. The Labute approximate surface area is 101 Å². The van der Waals surface area contributed by atoms with Crippen molar-refractivity contribution in [3.05, 3.63) is 0 Å². The van der Waals surface area contributed by atoms with Gasteiger partial charge in [-0.3, -0.25) is 4.90 Å². The van der Waals surface area contributed by atoms with E-state index in [9.17, 15) is 0 Å². The molecule has 1 aliphatic rings. The minimum Gasteiger partial charge on any atom is -0.320 e. The van der Waals surface area contributed by atoms with E-state index in [2.05, 4.69) is 42.9 Å². The molecule has 0 saturated carbocycles. The second kappa shape index (κ2) is 5.99. The van der Waals surface area contributed by atoms with E-state index >= 15 is 0 Å². The first-order chi connectivity index (χ1) is 7.45. The third-order valence-corrected chi connectivity index (χ3v) is 3.67. The van der Waals surface area contributed by atoms with Gasteiger partial charge in [-0.05, 0) is 67.3 Å². The number of hydrogen-bond acceptors (Lipinski definition) is 3. The van der Waals surface area contributed by atoms with Crippen molar-refractivity contribution in [2.75, 3.05) is 40.3 Å². The van der Waals surface area contributed by atoms with Crippen LogP contribution < -0.4 is 5.32 Å². The van der Waals surface area contributed by atoms with Crippen LogP contribution in [-0.4, -0.2) is 61.7 Å². The monoisotopic (exact) mass is 227 g/mol. The Kier molecular flexibility index (Phi) is 5.22. The molecule has 1 rings (SSSR count). The van der Waals surface area contributed by atoms with Crippen LogP contribution in [0.2, 0.25) is 0 Å². The molecule has 0 aromatic heterocycles. The number of hydrogen-bond donors (Lipinski definition) is 1. The van der Waals surface area contributed by atoms with Crippen LogP contribution in [0.25, 0.3) is 0 Å². The van der Waals surface area contributed by atoms with Gasteiger partial charge >= 0.3 is 0 Å². The summed E-state index contributed by atoms with van der Waals surface area (Å²) in [5, 5.41) is 3.26. The molecule has 1 aliphatic heterocycles. The van der Waals surface area contributed by atoms with Crippen LogP contribution in [-0.2, 0) is 0 Å². The highest BCUT2D eigenvalue weighted by Gasteiger charge is 2.28. The molecule has 1 unspecified atom stereocenters. The third kappa shape index (κ3) is 4.04. The van der Waals surface area contributed by atoms with E-state index in [1.807, 2.05) is 7.05 Å². The molecular weight excluding hydrogens is 198 g/mol. The molecule has 16 heavy (non-hydrogen) atoms. The second-order valence-electron chi connectivity index (χ2n) is 6.00. The summed E-state index contributed by atoms with van der Waals surface area (Å²) >= 11 is 0. The van der Waals surface area contributed by atoms with Crippen LogP contribution in [0.3, 0.4) is 0 Å². The van der Waals surface area contributed by atoms with Crippen molar-refractivity contribution in [1.82, 2.24) is 15.1 Å². The molecule has 0 radical (unpaired) electrons. The summed E-state index contributed by atoms with van der Waals surface area (Å²) in [4.78, 5) is 5.17. The van der Waals surface area contributed by atoms with E-state index in [4.69, 9.17) is 0 Å². The fourth-order valence-electron chi connectivity index (χ4n) is 2.41. The highest BCUT2D eigenvalue weighted by atomic mass is 15.3. The molecule has 0 aliphatic carbocycles. The summed E-state index contributed by atoms with van der Waals surface area (Å²) in [5.74, 6) is 0. The predicted octanol–water partition coefficient (Wildman–Crippen LogP) is 1.40. The van der Waals surface area contributed by atoms with Gasteiger partial charge in [0.15, 0.2) is 0 Å². The van der Waals surface area contributed by atoms with E-state index < -0.39 is 0 Å². The van der Waals surface area contributed by atoms with Gasteiger partial charge < -0.3 is 10.2 Å². The molecule has 0 spiro atoms. The van der Waals surface area contributed by atoms with Crippen LogP contribution in [0.5, 0.6) is 0 Å².